The second-order valence-electron chi connectivity index (χ2n) is 5.27. The number of rotatable bonds is 6. The van der Waals surface area contributed by atoms with Gasteiger partial charge >= 0.3 is 0 Å². The van der Waals surface area contributed by atoms with Crippen molar-refractivity contribution in [3.8, 4) is 0 Å². The van der Waals surface area contributed by atoms with E-state index in [-0.39, 0.29) is 0 Å². The van der Waals surface area contributed by atoms with Crippen LogP contribution in [0.25, 0.3) is 0 Å². The highest BCUT2D eigenvalue weighted by Gasteiger charge is 2.20. The Kier molecular flexibility index (Phi) is 5.14. The van der Waals surface area contributed by atoms with Gasteiger partial charge in [0, 0.05) is 38.2 Å². The Labute approximate surface area is 116 Å². The van der Waals surface area contributed by atoms with Gasteiger partial charge in [-0.1, -0.05) is 26.7 Å². The third-order valence-electron chi connectivity index (χ3n) is 4.17. The molecule has 1 aromatic rings. The van der Waals surface area contributed by atoms with Crippen LogP contribution in [-0.4, -0.2) is 29.6 Å². The summed E-state index contributed by atoms with van der Waals surface area (Å²) in [6, 6.07) is 0. The van der Waals surface area contributed by atoms with Gasteiger partial charge in [0.15, 0.2) is 0 Å². The number of anilines is 1. The van der Waals surface area contributed by atoms with Gasteiger partial charge in [0.2, 0.25) is 0 Å². The fourth-order valence-electron chi connectivity index (χ4n) is 2.75. The molecule has 2 heterocycles. The molecule has 2 rings (SSSR count). The van der Waals surface area contributed by atoms with Crippen molar-refractivity contribution in [1.82, 2.24) is 15.3 Å². The first-order chi connectivity index (χ1) is 9.30. The molecular weight excluding hydrogens is 236 g/mol. The Bertz CT molecular complexity index is 401. The lowest BCUT2D eigenvalue weighted by atomic mass is 10.0. The minimum atomic E-state index is 0.752. The predicted molar refractivity (Wildman–Crippen MR) is 79.4 cm³/mol. The van der Waals surface area contributed by atoms with Gasteiger partial charge in [-0.15, -0.1) is 0 Å². The maximum Gasteiger partial charge on any atom is 0.136 e. The fourth-order valence-corrected chi connectivity index (χ4v) is 2.75. The Morgan fingerprint density at radius 1 is 1.26 bits per heavy atom. The summed E-state index contributed by atoms with van der Waals surface area (Å²) in [4.78, 5) is 11.4. The largest absolute Gasteiger partial charge is 0.356 e. The van der Waals surface area contributed by atoms with Crippen molar-refractivity contribution in [2.45, 2.75) is 46.6 Å². The number of nitrogens with zero attached hydrogens (tertiary/aromatic N) is 3. The summed E-state index contributed by atoms with van der Waals surface area (Å²) in [6.07, 6.45) is 5.22. The van der Waals surface area contributed by atoms with Crippen LogP contribution in [0, 0.1) is 5.92 Å². The van der Waals surface area contributed by atoms with E-state index in [2.05, 4.69) is 41.0 Å². The third kappa shape index (κ3) is 3.24. The Balaban J connectivity index is 2.22. The zero-order chi connectivity index (χ0) is 13.7. The number of hydrogen-bond donors (Lipinski definition) is 1. The van der Waals surface area contributed by atoms with Crippen LogP contribution in [0.1, 0.15) is 44.9 Å². The first kappa shape index (κ1) is 14.3. The van der Waals surface area contributed by atoms with E-state index in [0.717, 1.165) is 44.3 Å². The number of hydrogen-bond acceptors (Lipinski definition) is 4. The van der Waals surface area contributed by atoms with Crippen LogP contribution < -0.4 is 10.2 Å². The van der Waals surface area contributed by atoms with Crippen molar-refractivity contribution >= 4 is 5.82 Å². The minimum absolute atomic E-state index is 0.752. The summed E-state index contributed by atoms with van der Waals surface area (Å²) in [5, 5.41) is 3.43. The average molecular weight is 262 g/mol. The molecule has 1 aliphatic heterocycles. The van der Waals surface area contributed by atoms with Crippen molar-refractivity contribution in [1.29, 1.82) is 0 Å². The van der Waals surface area contributed by atoms with Crippen LogP contribution >= 0.6 is 0 Å². The Morgan fingerprint density at radius 3 is 2.74 bits per heavy atom. The highest BCUT2D eigenvalue weighted by atomic mass is 15.2. The van der Waals surface area contributed by atoms with Crippen LogP contribution in [0.3, 0.4) is 0 Å². The van der Waals surface area contributed by atoms with Crippen molar-refractivity contribution in [3.05, 3.63) is 17.6 Å². The van der Waals surface area contributed by atoms with Gasteiger partial charge in [-0.2, -0.15) is 0 Å². The molecule has 0 amide bonds. The Morgan fingerprint density at radius 2 is 2.05 bits per heavy atom. The molecule has 0 bridgehead atoms. The minimum Gasteiger partial charge on any atom is -0.356 e. The van der Waals surface area contributed by atoms with E-state index in [1.54, 1.807) is 6.33 Å². The van der Waals surface area contributed by atoms with Crippen molar-refractivity contribution in [2.75, 3.05) is 24.5 Å². The third-order valence-corrected chi connectivity index (χ3v) is 4.17. The van der Waals surface area contributed by atoms with E-state index >= 15 is 0 Å². The molecular formula is C15H26N4. The second kappa shape index (κ2) is 6.85. The van der Waals surface area contributed by atoms with Crippen LogP contribution in [0.2, 0.25) is 0 Å². The summed E-state index contributed by atoms with van der Waals surface area (Å²) in [6.45, 7) is 10.8. The van der Waals surface area contributed by atoms with Crippen molar-refractivity contribution in [3.63, 3.8) is 0 Å². The fraction of sp³-hybridized carbons (Fsp3) is 0.733. The molecule has 0 aliphatic carbocycles. The molecule has 0 saturated carbocycles. The van der Waals surface area contributed by atoms with Gasteiger partial charge in [0.1, 0.15) is 12.1 Å². The van der Waals surface area contributed by atoms with Crippen LogP contribution in [0.4, 0.5) is 5.82 Å². The molecule has 0 fully saturated rings. The SMILES string of the molecule is CCC(CC)CN(CC)c1ncnc2c1CNCC2. The predicted octanol–water partition coefficient (Wildman–Crippen LogP) is 2.38. The molecule has 0 spiro atoms. The van der Waals surface area contributed by atoms with Crippen molar-refractivity contribution in [2.24, 2.45) is 5.92 Å². The van der Waals surface area contributed by atoms with Gasteiger partial charge in [-0.3, -0.25) is 0 Å². The van der Waals surface area contributed by atoms with E-state index in [1.165, 1.54) is 24.1 Å². The molecule has 106 valence electrons. The van der Waals surface area contributed by atoms with Crippen molar-refractivity contribution < 1.29 is 0 Å². The quantitative estimate of drug-likeness (QED) is 0.854. The van der Waals surface area contributed by atoms with Crippen LogP contribution in [-0.2, 0) is 13.0 Å². The molecule has 4 heteroatoms. The van der Waals surface area contributed by atoms with Crippen LogP contribution in [0.15, 0.2) is 6.33 Å². The zero-order valence-corrected chi connectivity index (χ0v) is 12.4. The lowest BCUT2D eigenvalue weighted by Crippen LogP contribution is -2.33. The smallest absolute Gasteiger partial charge is 0.136 e. The molecule has 4 nitrogen and oxygen atoms in total. The normalized spacial score (nSPS) is 14.5. The summed E-state index contributed by atoms with van der Waals surface area (Å²) in [5.41, 5.74) is 2.54. The molecule has 19 heavy (non-hydrogen) atoms. The standard InChI is InChI=1S/C15H26N4/c1-4-12(5-2)10-19(6-3)15-13-9-16-8-7-14(13)17-11-18-15/h11-12,16H,4-10H2,1-3H3. The van der Waals surface area contributed by atoms with E-state index in [1.807, 2.05) is 0 Å². The summed E-state index contributed by atoms with van der Waals surface area (Å²) >= 11 is 0. The molecule has 1 aromatic heterocycles. The molecule has 0 saturated heterocycles. The van der Waals surface area contributed by atoms with Crippen LogP contribution in [0.5, 0.6) is 0 Å². The van der Waals surface area contributed by atoms with E-state index < -0.39 is 0 Å². The maximum atomic E-state index is 4.56. The van der Waals surface area contributed by atoms with E-state index in [0.29, 0.717) is 0 Å². The lowest BCUT2D eigenvalue weighted by molar-refractivity contribution is 0.482. The molecule has 0 radical (unpaired) electrons. The highest BCUT2D eigenvalue weighted by molar-refractivity contribution is 5.49. The number of nitrogens with one attached hydrogen (secondary N) is 1. The molecule has 1 N–H and O–H groups in total. The van der Waals surface area contributed by atoms with E-state index in [9.17, 15) is 0 Å². The van der Waals surface area contributed by atoms with Gasteiger partial charge in [0.05, 0.1) is 5.69 Å². The summed E-state index contributed by atoms with van der Waals surface area (Å²) < 4.78 is 0. The maximum absolute atomic E-state index is 4.56. The topological polar surface area (TPSA) is 41.1 Å². The summed E-state index contributed by atoms with van der Waals surface area (Å²) in [5.74, 6) is 1.90. The van der Waals surface area contributed by atoms with Gasteiger partial charge < -0.3 is 10.2 Å². The van der Waals surface area contributed by atoms with Gasteiger partial charge in [-0.25, -0.2) is 9.97 Å². The molecule has 1 aliphatic rings. The zero-order valence-electron chi connectivity index (χ0n) is 12.4. The Hall–Kier alpha value is -1.16. The average Bonchev–Trinajstić information content (AvgIpc) is 2.48. The molecule has 0 unspecified atom stereocenters. The molecule has 0 atom stereocenters. The van der Waals surface area contributed by atoms with Gasteiger partial charge in [0.25, 0.3) is 0 Å². The van der Waals surface area contributed by atoms with E-state index in [4.69, 9.17) is 0 Å². The monoisotopic (exact) mass is 262 g/mol. The first-order valence-corrected chi connectivity index (χ1v) is 7.58. The highest BCUT2D eigenvalue weighted by Crippen LogP contribution is 2.24. The number of fused-ring (bicyclic) bond motifs is 1. The summed E-state index contributed by atoms with van der Waals surface area (Å²) in [7, 11) is 0. The molecule has 0 aromatic carbocycles. The lowest BCUT2D eigenvalue weighted by Gasteiger charge is -2.30. The second-order valence-corrected chi connectivity index (χ2v) is 5.27. The van der Waals surface area contributed by atoms with Gasteiger partial charge in [-0.05, 0) is 12.8 Å². The number of aromatic nitrogens is 2. The first-order valence-electron chi connectivity index (χ1n) is 7.58.